The Morgan fingerprint density at radius 3 is 2.19 bits per heavy atom. The monoisotopic (exact) mass is 389 g/mol. The molecule has 3 aromatic carbocycles. The van der Waals surface area contributed by atoms with Crippen LogP contribution >= 0.6 is 11.6 Å². The molecule has 0 radical (unpaired) electrons. The van der Waals surface area contributed by atoms with Crippen LogP contribution in [-0.2, 0) is 16.6 Å². The van der Waals surface area contributed by atoms with Crippen molar-refractivity contribution in [2.75, 3.05) is 4.31 Å². The van der Waals surface area contributed by atoms with Gasteiger partial charge in [-0.05, 0) is 43.3 Å². The lowest BCUT2D eigenvalue weighted by Gasteiger charge is -2.25. The minimum absolute atomic E-state index is 0.132. The van der Waals surface area contributed by atoms with Gasteiger partial charge in [0.2, 0.25) is 0 Å². The first-order valence-electron chi connectivity index (χ1n) is 7.97. The SMILES string of the molecule is Cc1ccc(N(Cc2c(F)cccc2Cl)S(=O)(=O)c2ccccc2)cc1. The summed E-state index contributed by atoms with van der Waals surface area (Å²) in [6.07, 6.45) is 0. The first-order chi connectivity index (χ1) is 12.4. The van der Waals surface area contributed by atoms with E-state index < -0.39 is 15.8 Å². The summed E-state index contributed by atoms with van der Waals surface area (Å²) in [4.78, 5) is 0.132. The Balaban J connectivity index is 2.12. The number of hydrogen-bond acceptors (Lipinski definition) is 2. The zero-order chi connectivity index (χ0) is 18.7. The fourth-order valence-corrected chi connectivity index (χ4v) is 4.25. The van der Waals surface area contributed by atoms with E-state index in [4.69, 9.17) is 11.6 Å². The molecule has 3 aromatic rings. The third-order valence-electron chi connectivity index (χ3n) is 4.02. The van der Waals surface area contributed by atoms with Gasteiger partial charge in [-0.1, -0.05) is 53.6 Å². The Hall–Kier alpha value is -2.37. The normalized spacial score (nSPS) is 11.3. The van der Waals surface area contributed by atoms with Crippen LogP contribution < -0.4 is 4.31 Å². The number of sulfonamides is 1. The highest BCUT2D eigenvalue weighted by Crippen LogP contribution is 2.29. The van der Waals surface area contributed by atoms with Crippen LogP contribution in [0.15, 0.2) is 77.7 Å². The van der Waals surface area contributed by atoms with Gasteiger partial charge >= 0.3 is 0 Å². The fourth-order valence-electron chi connectivity index (χ4n) is 2.57. The summed E-state index contributed by atoms with van der Waals surface area (Å²) >= 11 is 6.12. The molecule has 0 aliphatic rings. The lowest BCUT2D eigenvalue weighted by molar-refractivity contribution is 0.585. The Morgan fingerprint density at radius 1 is 0.923 bits per heavy atom. The fraction of sp³-hybridized carbons (Fsp3) is 0.100. The second kappa shape index (κ2) is 7.48. The maximum atomic E-state index is 14.3. The van der Waals surface area contributed by atoms with Gasteiger partial charge in [0.25, 0.3) is 10.0 Å². The summed E-state index contributed by atoms with van der Waals surface area (Å²) in [5, 5.41) is 0.186. The van der Waals surface area contributed by atoms with Crippen molar-refractivity contribution >= 4 is 27.3 Å². The molecule has 134 valence electrons. The van der Waals surface area contributed by atoms with Gasteiger partial charge in [-0.25, -0.2) is 12.8 Å². The molecular weight excluding hydrogens is 373 g/mol. The first kappa shape index (κ1) is 18.4. The number of anilines is 1. The van der Waals surface area contributed by atoms with Crippen molar-refractivity contribution in [3.8, 4) is 0 Å². The highest BCUT2D eigenvalue weighted by molar-refractivity contribution is 7.92. The number of rotatable bonds is 5. The molecule has 0 aliphatic heterocycles. The number of nitrogens with zero attached hydrogens (tertiary/aromatic N) is 1. The van der Waals surface area contributed by atoms with Crippen molar-refractivity contribution in [3.05, 3.63) is 94.8 Å². The minimum atomic E-state index is -3.89. The molecule has 0 N–H and O–H groups in total. The van der Waals surface area contributed by atoms with Gasteiger partial charge < -0.3 is 0 Å². The average Bonchev–Trinajstić information content (AvgIpc) is 2.63. The zero-order valence-corrected chi connectivity index (χ0v) is 15.6. The predicted molar refractivity (Wildman–Crippen MR) is 102 cm³/mol. The van der Waals surface area contributed by atoms with E-state index in [9.17, 15) is 12.8 Å². The van der Waals surface area contributed by atoms with Crippen LogP contribution in [-0.4, -0.2) is 8.42 Å². The van der Waals surface area contributed by atoms with Gasteiger partial charge in [-0.3, -0.25) is 4.31 Å². The largest absolute Gasteiger partial charge is 0.264 e. The van der Waals surface area contributed by atoms with Crippen LogP contribution in [0.4, 0.5) is 10.1 Å². The van der Waals surface area contributed by atoms with E-state index in [2.05, 4.69) is 0 Å². The zero-order valence-electron chi connectivity index (χ0n) is 14.1. The van der Waals surface area contributed by atoms with E-state index in [-0.39, 0.29) is 22.0 Å². The molecule has 3 nitrogen and oxygen atoms in total. The Labute approximate surface area is 157 Å². The summed E-state index contributed by atoms with van der Waals surface area (Å²) in [7, 11) is -3.89. The van der Waals surface area contributed by atoms with E-state index in [0.717, 1.165) is 5.56 Å². The van der Waals surface area contributed by atoms with Gasteiger partial charge in [0.05, 0.1) is 17.1 Å². The Bertz CT molecular complexity index is 985. The maximum Gasteiger partial charge on any atom is 0.264 e. The summed E-state index contributed by atoms with van der Waals surface area (Å²) < 4.78 is 41.9. The van der Waals surface area contributed by atoms with Crippen LogP contribution in [0.1, 0.15) is 11.1 Å². The van der Waals surface area contributed by atoms with Gasteiger partial charge in [-0.2, -0.15) is 0 Å². The molecule has 0 spiro atoms. The number of aryl methyl sites for hydroxylation is 1. The molecule has 0 atom stereocenters. The number of halogens is 2. The topological polar surface area (TPSA) is 37.4 Å². The third kappa shape index (κ3) is 3.74. The summed E-state index contributed by atoms with van der Waals surface area (Å²) in [6.45, 7) is 1.71. The standard InChI is InChI=1S/C20H17ClFNO2S/c1-15-10-12-16(13-11-15)23(14-18-19(21)8-5-9-20(18)22)26(24,25)17-6-3-2-4-7-17/h2-13H,14H2,1H3. The minimum Gasteiger partial charge on any atom is -0.262 e. The molecular formula is C20H17ClFNO2S. The summed E-state index contributed by atoms with van der Waals surface area (Å²) in [5.74, 6) is -0.544. The van der Waals surface area contributed by atoms with E-state index in [1.165, 1.54) is 28.6 Å². The average molecular weight is 390 g/mol. The smallest absolute Gasteiger partial charge is 0.262 e. The van der Waals surface area contributed by atoms with E-state index in [0.29, 0.717) is 5.69 Å². The van der Waals surface area contributed by atoms with Crippen molar-refractivity contribution in [2.45, 2.75) is 18.4 Å². The molecule has 0 unspecified atom stereocenters. The summed E-state index contributed by atoms with van der Waals surface area (Å²) in [6, 6.07) is 19.4. The molecule has 0 fully saturated rings. The second-order valence-corrected chi connectivity index (χ2v) is 8.13. The summed E-state index contributed by atoms with van der Waals surface area (Å²) in [5.41, 5.74) is 1.57. The van der Waals surface area contributed by atoms with E-state index >= 15 is 0 Å². The van der Waals surface area contributed by atoms with Crippen molar-refractivity contribution in [2.24, 2.45) is 0 Å². The van der Waals surface area contributed by atoms with E-state index in [1.807, 2.05) is 19.1 Å². The second-order valence-electron chi connectivity index (χ2n) is 5.86. The predicted octanol–water partition coefficient (Wildman–Crippen LogP) is 5.18. The first-order valence-corrected chi connectivity index (χ1v) is 9.79. The third-order valence-corrected chi connectivity index (χ3v) is 6.16. The molecule has 0 aromatic heterocycles. The molecule has 6 heteroatoms. The lowest BCUT2D eigenvalue weighted by atomic mass is 10.2. The van der Waals surface area contributed by atoms with E-state index in [1.54, 1.807) is 36.4 Å². The van der Waals surface area contributed by atoms with Crippen molar-refractivity contribution in [3.63, 3.8) is 0 Å². The van der Waals surface area contributed by atoms with Crippen molar-refractivity contribution in [1.29, 1.82) is 0 Å². The van der Waals surface area contributed by atoms with Gasteiger partial charge in [0.1, 0.15) is 5.82 Å². The molecule has 0 amide bonds. The maximum absolute atomic E-state index is 14.3. The molecule has 0 saturated heterocycles. The van der Waals surface area contributed by atoms with Crippen molar-refractivity contribution < 1.29 is 12.8 Å². The van der Waals surface area contributed by atoms with Crippen LogP contribution in [0, 0.1) is 12.7 Å². The molecule has 0 bridgehead atoms. The lowest BCUT2D eigenvalue weighted by Crippen LogP contribution is -2.31. The van der Waals surface area contributed by atoms with Gasteiger partial charge in [-0.15, -0.1) is 0 Å². The molecule has 0 saturated carbocycles. The highest BCUT2D eigenvalue weighted by atomic mass is 35.5. The highest BCUT2D eigenvalue weighted by Gasteiger charge is 2.26. The quantitative estimate of drug-likeness (QED) is 0.602. The van der Waals surface area contributed by atoms with Gasteiger partial charge in [0.15, 0.2) is 0 Å². The molecule has 3 rings (SSSR count). The van der Waals surface area contributed by atoms with Crippen molar-refractivity contribution in [1.82, 2.24) is 0 Å². The Kier molecular flexibility index (Phi) is 5.30. The van der Waals surface area contributed by atoms with Crippen LogP contribution in [0.2, 0.25) is 5.02 Å². The van der Waals surface area contributed by atoms with Crippen LogP contribution in [0.3, 0.4) is 0 Å². The Morgan fingerprint density at radius 2 is 1.58 bits per heavy atom. The number of benzene rings is 3. The number of hydrogen-bond donors (Lipinski definition) is 0. The molecule has 26 heavy (non-hydrogen) atoms. The van der Waals surface area contributed by atoms with Crippen LogP contribution in [0.25, 0.3) is 0 Å². The molecule has 0 heterocycles. The van der Waals surface area contributed by atoms with Crippen LogP contribution in [0.5, 0.6) is 0 Å². The molecule has 0 aliphatic carbocycles. The van der Waals surface area contributed by atoms with Gasteiger partial charge in [0, 0.05) is 10.6 Å².